The van der Waals surface area contributed by atoms with Crippen molar-refractivity contribution in [2.24, 2.45) is 0 Å². The highest BCUT2D eigenvalue weighted by Crippen LogP contribution is 2.36. The largest absolute Gasteiger partial charge is 0.454 e. The number of nitrogens with zero attached hydrogens (tertiary/aromatic N) is 1. The Hall–Kier alpha value is -2.81. The molecule has 28 heavy (non-hydrogen) atoms. The highest BCUT2D eigenvalue weighted by molar-refractivity contribution is 7.92. The first-order chi connectivity index (χ1) is 13.3. The van der Waals surface area contributed by atoms with E-state index in [4.69, 9.17) is 9.47 Å². The van der Waals surface area contributed by atoms with Crippen LogP contribution in [0.25, 0.3) is 0 Å². The van der Waals surface area contributed by atoms with Crippen molar-refractivity contribution in [3.8, 4) is 11.5 Å². The van der Waals surface area contributed by atoms with Crippen molar-refractivity contribution in [3.05, 3.63) is 53.8 Å². The van der Waals surface area contributed by atoms with Crippen LogP contribution in [0.5, 0.6) is 11.5 Å². The molecule has 1 aliphatic heterocycles. The van der Waals surface area contributed by atoms with Gasteiger partial charge in [-0.05, 0) is 43.7 Å². The second-order valence-electron chi connectivity index (χ2n) is 6.29. The number of rotatable bonds is 7. The predicted octanol–water partition coefficient (Wildman–Crippen LogP) is 2.59. The molecule has 2 aromatic rings. The molecule has 0 aliphatic carbocycles. The summed E-state index contributed by atoms with van der Waals surface area (Å²) in [6, 6.07) is 10.0. The first-order valence-electron chi connectivity index (χ1n) is 8.75. The van der Waals surface area contributed by atoms with Crippen molar-refractivity contribution in [3.63, 3.8) is 0 Å². The molecule has 0 spiro atoms. The van der Waals surface area contributed by atoms with Crippen LogP contribution in [0.1, 0.15) is 25.5 Å². The van der Waals surface area contributed by atoms with Crippen LogP contribution in [0, 0.1) is 5.82 Å². The van der Waals surface area contributed by atoms with Gasteiger partial charge in [0.15, 0.2) is 11.5 Å². The molecule has 1 N–H and O–H groups in total. The summed E-state index contributed by atoms with van der Waals surface area (Å²) >= 11 is 0. The van der Waals surface area contributed by atoms with E-state index in [2.05, 4.69) is 5.32 Å². The maximum atomic E-state index is 13.1. The van der Waals surface area contributed by atoms with Gasteiger partial charge in [-0.1, -0.05) is 12.1 Å². The fourth-order valence-electron chi connectivity index (χ4n) is 2.80. The molecule has 0 unspecified atom stereocenters. The first-order valence-corrected chi connectivity index (χ1v) is 10.4. The van der Waals surface area contributed by atoms with E-state index in [1.54, 1.807) is 31.2 Å². The summed E-state index contributed by atoms with van der Waals surface area (Å²) in [5.74, 6) is -0.0694. The number of anilines is 1. The normalized spacial score (nSPS) is 13.8. The summed E-state index contributed by atoms with van der Waals surface area (Å²) in [7, 11) is -3.71. The van der Waals surface area contributed by atoms with E-state index < -0.39 is 22.0 Å². The van der Waals surface area contributed by atoms with Crippen molar-refractivity contribution in [1.29, 1.82) is 0 Å². The molecular formula is C19H21FN2O5S. The Kier molecular flexibility index (Phi) is 5.73. The predicted molar refractivity (Wildman–Crippen MR) is 102 cm³/mol. The third-order valence-corrected chi connectivity index (χ3v) is 6.12. The van der Waals surface area contributed by atoms with E-state index in [0.717, 1.165) is 4.31 Å². The number of carbonyl (C=O) groups is 1. The smallest absolute Gasteiger partial charge is 0.241 e. The quantitative estimate of drug-likeness (QED) is 0.761. The van der Waals surface area contributed by atoms with E-state index in [0.29, 0.717) is 22.7 Å². The van der Waals surface area contributed by atoms with Crippen LogP contribution in [-0.4, -0.2) is 33.4 Å². The molecule has 1 heterocycles. The van der Waals surface area contributed by atoms with Crippen molar-refractivity contribution in [2.45, 2.75) is 19.9 Å². The Balaban J connectivity index is 1.78. The van der Waals surface area contributed by atoms with Crippen LogP contribution in [0.3, 0.4) is 0 Å². The van der Waals surface area contributed by atoms with Crippen molar-refractivity contribution >= 4 is 21.6 Å². The van der Waals surface area contributed by atoms with E-state index in [9.17, 15) is 17.6 Å². The van der Waals surface area contributed by atoms with Crippen LogP contribution in [0.2, 0.25) is 0 Å². The third kappa shape index (κ3) is 4.36. The number of carbonyl (C=O) groups excluding carboxylic acids is 1. The number of hydrogen-bond acceptors (Lipinski definition) is 5. The molecule has 9 heteroatoms. The molecule has 7 nitrogen and oxygen atoms in total. The maximum Gasteiger partial charge on any atom is 0.241 e. The molecule has 0 aromatic heterocycles. The molecule has 1 amide bonds. The molecule has 150 valence electrons. The molecule has 0 fully saturated rings. The molecule has 0 bridgehead atoms. The minimum atomic E-state index is -3.71. The van der Waals surface area contributed by atoms with Crippen LogP contribution < -0.4 is 19.1 Å². The Morgan fingerprint density at radius 1 is 1.18 bits per heavy atom. The lowest BCUT2D eigenvalue weighted by Crippen LogP contribution is -2.42. The van der Waals surface area contributed by atoms with Gasteiger partial charge in [0.2, 0.25) is 22.7 Å². The monoisotopic (exact) mass is 408 g/mol. The van der Waals surface area contributed by atoms with Gasteiger partial charge >= 0.3 is 0 Å². The standard InChI is InChI=1S/C19H21FN2O5S/c1-3-28(24,25)22(16-8-9-17-18(10-16)27-12-26-17)11-19(23)21-13(2)14-4-6-15(20)7-5-14/h4-10,13H,3,11-12H2,1-2H3,(H,21,23)/t13-/m1/s1. The summed E-state index contributed by atoms with van der Waals surface area (Å²) < 4.78 is 49.8. The van der Waals surface area contributed by atoms with Crippen LogP contribution in [0.4, 0.5) is 10.1 Å². The van der Waals surface area contributed by atoms with E-state index in [1.807, 2.05) is 0 Å². The van der Waals surface area contributed by atoms with Crippen molar-refractivity contribution < 1.29 is 27.1 Å². The second kappa shape index (κ2) is 8.05. The molecule has 2 aromatic carbocycles. The molecule has 0 radical (unpaired) electrons. The molecular weight excluding hydrogens is 387 g/mol. The summed E-state index contributed by atoms with van der Waals surface area (Å²) in [5.41, 5.74) is 1.03. The van der Waals surface area contributed by atoms with Gasteiger partial charge in [-0.15, -0.1) is 0 Å². The number of ether oxygens (including phenoxy) is 2. The average Bonchev–Trinajstić information content (AvgIpc) is 3.14. The number of halogens is 1. The summed E-state index contributed by atoms with van der Waals surface area (Å²) in [4.78, 5) is 12.5. The number of fused-ring (bicyclic) bond motifs is 1. The van der Waals surface area contributed by atoms with Gasteiger partial charge in [0.1, 0.15) is 12.4 Å². The van der Waals surface area contributed by atoms with Gasteiger partial charge in [-0.25, -0.2) is 12.8 Å². The molecule has 0 saturated heterocycles. The van der Waals surface area contributed by atoms with Crippen LogP contribution >= 0.6 is 0 Å². The van der Waals surface area contributed by atoms with Crippen molar-refractivity contribution in [1.82, 2.24) is 5.32 Å². The van der Waals surface area contributed by atoms with Gasteiger partial charge in [0, 0.05) is 6.07 Å². The minimum absolute atomic E-state index is 0.0645. The number of amides is 1. The van der Waals surface area contributed by atoms with Gasteiger partial charge in [-0.3, -0.25) is 9.10 Å². The van der Waals surface area contributed by atoms with Crippen LogP contribution in [0.15, 0.2) is 42.5 Å². The summed E-state index contributed by atoms with van der Waals surface area (Å²) in [6.07, 6.45) is 0. The van der Waals surface area contributed by atoms with Gasteiger partial charge < -0.3 is 14.8 Å². The topological polar surface area (TPSA) is 84.9 Å². The van der Waals surface area contributed by atoms with Gasteiger partial charge in [0.05, 0.1) is 17.5 Å². The number of nitrogens with one attached hydrogen (secondary N) is 1. The highest BCUT2D eigenvalue weighted by atomic mass is 32.2. The Bertz CT molecular complexity index is 963. The zero-order valence-corrected chi connectivity index (χ0v) is 16.3. The zero-order chi connectivity index (χ0) is 20.3. The Morgan fingerprint density at radius 3 is 2.54 bits per heavy atom. The number of hydrogen-bond donors (Lipinski definition) is 1. The van der Waals surface area contributed by atoms with E-state index >= 15 is 0 Å². The molecule has 0 saturated carbocycles. The summed E-state index contributed by atoms with van der Waals surface area (Å²) in [6.45, 7) is 2.93. The lowest BCUT2D eigenvalue weighted by Gasteiger charge is -2.24. The van der Waals surface area contributed by atoms with Crippen molar-refractivity contribution in [2.75, 3.05) is 23.4 Å². The second-order valence-corrected chi connectivity index (χ2v) is 8.47. The third-order valence-electron chi connectivity index (χ3n) is 4.38. The SMILES string of the molecule is CCS(=O)(=O)N(CC(=O)N[C@H](C)c1ccc(F)cc1)c1ccc2c(c1)OCO2. The average molecular weight is 408 g/mol. The lowest BCUT2D eigenvalue weighted by molar-refractivity contribution is -0.120. The van der Waals surface area contributed by atoms with Gasteiger partial charge in [0.25, 0.3) is 0 Å². The fourth-order valence-corrected chi connectivity index (χ4v) is 3.86. The number of sulfonamides is 1. The lowest BCUT2D eigenvalue weighted by atomic mass is 10.1. The maximum absolute atomic E-state index is 13.1. The van der Waals surface area contributed by atoms with Gasteiger partial charge in [-0.2, -0.15) is 0 Å². The fraction of sp³-hybridized carbons (Fsp3) is 0.316. The first kappa shape index (κ1) is 19.9. The Labute approximate surface area is 163 Å². The van der Waals surface area contributed by atoms with E-state index in [1.165, 1.54) is 25.1 Å². The highest BCUT2D eigenvalue weighted by Gasteiger charge is 2.26. The molecule has 1 atom stereocenters. The number of benzene rings is 2. The van der Waals surface area contributed by atoms with Crippen LogP contribution in [-0.2, 0) is 14.8 Å². The van der Waals surface area contributed by atoms with E-state index in [-0.39, 0.29) is 24.9 Å². The summed E-state index contributed by atoms with van der Waals surface area (Å²) in [5, 5.41) is 2.74. The molecule has 3 rings (SSSR count). The minimum Gasteiger partial charge on any atom is -0.454 e. The Morgan fingerprint density at radius 2 is 1.86 bits per heavy atom. The molecule has 1 aliphatic rings. The zero-order valence-electron chi connectivity index (χ0n) is 15.5.